The molecule has 1 atom stereocenters. The van der Waals surface area contributed by atoms with E-state index in [2.05, 4.69) is 5.32 Å². The van der Waals surface area contributed by atoms with Gasteiger partial charge in [0.05, 0.1) is 5.02 Å². The smallest absolute Gasteiger partial charge is 0.193 e. The first-order valence-electron chi connectivity index (χ1n) is 5.79. The molecule has 3 rings (SSSR count). The molecule has 1 N–H and O–H groups in total. The van der Waals surface area contributed by atoms with E-state index in [0.29, 0.717) is 21.6 Å². The second-order valence-electron chi connectivity index (χ2n) is 4.17. The third kappa shape index (κ3) is 2.25. The lowest BCUT2D eigenvalue weighted by Gasteiger charge is -2.09. The molecule has 2 heterocycles. The van der Waals surface area contributed by atoms with Crippen molar-refractivity contribution in [2.24, 2.45) is 0 Å². The lowest BCUT2D eigenvalue weighted by atomic mass is 10.1. The van der Waals surface area contributed by atoms with Gasteiger partial charge in [0, 0.05) is 5.39 Å². The summed E-state index contributed by atoms with van der Waals surface area (Å²) in [5.41, 5.74) is 0.678. The first-order chi connectivity index (χ1) is 9.19. The Hall–Kier alpha value is -1.42. The first kappa shape index (κ1) is 12.6. The summed E-state index contributed by atoms with van der Waals surface area (Å²) in [6, 6.07) is 10.9. The molecule has 19 heavy (non-hydrogen) atoms. The van der Waals surface area contributed by atoms with Gasteiger partial charge in [0.25, 0.3) is 0 Å². The minimum absolute atomic E-state index is 0.198. The molecule has 0 fully saturated rings. The summed E-state index contributed by atoms with van der Waals surface area (Å²) in [7, 11) is 1.83. The minimum atomic E-state index is -0.198. The fourth-order valence-electron chi connectivity index (χ4n) is 2.10. The molecule has 0 radical (unpaired) electrons. The van der Waals surface area contributed by atoms with Crippen LogP contribution in [-0.2, 0) is 0 Å². The molecular formula is C14H11Cl2NO2. The van der Waals surface area contributed by atoms with Crippen LogP contribution in [0.4, 0.5) is 0 Å². The van der Waals surface area contributed by atoms with Gasteiger partial charge in [0.1, 0.15) is 17.6 Å². The van der Waals surface area contributed by atoms with E-state index in [-0.39, 0.29) is 6.04 Å². The topological polar surface area (TPSA) is 38.3 Å². The highest BCUT2D eigenvalue weighted by atomic mass is 35.5. The van der Waals surface area contributed by atoms with Gasteiger partial charge in [-0.15, -0.1) is 0 Å². The molecule has 0 aliphatic heterocycles. The molecule has 3 aromatic rings. The Labute approximate surface area is 120 Å². The molecule has 0 saturated heterocycles. The number of benzene rings is 1. The van der Waals surface area contributed by atoms with Gasteiger partial charge in [-0.05, 0) is 42.9 Å². The minimum Gasteiger partial charge on any atom is -0.457 e. The second kappa shape index (κ2) is 4.93. The Kier molecular flexibility index (Phi) is 3.27. The normalized spacial score (nSPS) is 13.0. The van der Waals surface area contributed by atoms with Gasteiger partial charge in [0.2, 0.25) is 0 Å². The molecule has 98 valence electrons. The van der Waals surface area contributed by atoms with Crippen molar-refractivity contribution in [1.29, 1.82) is 0 Å². The van der Waals surface area contributed by atoms with Crippen LogP contribution in [0, 0.1) is 0 Å². The lowest BCUT2D eigenvalue weighted by Crippen LogP contribution is -2.16. The van der Waals surface area contributed by atoms with Crippen molar-refractivity contribution < 1.29 is 8.83 Å². The number of hydrogen-bond acceptors (Lipinski definition) is 3. The molecule has 0 amide bonds. The van der Waals surface area contributed by atoms with E-state index in [9.17, 15) is 0 Å². The van der Waals surface area contributed by atoms with Crippen LogP contribution < -0.4 is 5.32 Å². The van der Waals surface area contributed by atoms with Gasteiger partial charge in [-0.3, -0.25) is 0 Å². The van der Waals surface area contributed by atoms with Gasteiger partial charge in [0.15, 0.2) is 10.8 Å². The zero-order chi connectivity index (χ0) is 13.4. The maximum Gasteiger partial charge on any atom is 0.193 e. The number of fused-ring (bicyclic) bond motifs is 1. The molecule has 0 aliphatic rings. The van der Waals surface area contributed by atoms with Crippen molar-refractivity contribution in [3.05, 3.63) is 58.2 Å². The second-order valence-corrected chi connectivity index (χ2v) is 4.95. The van der Waals surface area contributed by atoms with Crippen molar-refractivity contribution in [3.8, 4) is 0 Å². The quantitative estimate of drug-likeness (QED) is 0.765. The molecule has 5 heteroatoms. The maximum absolute atomic E-state index is 6.11. The summed E-state index contributed by atoms with van der Waals surface area (Å²) in [6.45, 7) is 0. The summed E-state index contributed by atoms with van der Waals surface area (Å²) in [4.78, 5) is 0. The average Bonchev–Trinajstić information content (AvgIpc) is 2.98. The Bertz CT molecular complexity index is 717. The third-order valence-electron chi connectivity index (χ3n) is 2.97. The monoisotopic (exact) mass is 295 g/mol. The van der Waals surface area contributed by atoms with Crippen LogP contribution in [0.2, 0.25) is 10.2 Å². The van der Waals surface area contributed by atoms with E-state index in [1.54, 1.807) is 12.1 Å². The van der Waals surface area contributed by atoms with Gasteiger partial charge in [-0.2, -0.15) is 0 Å². The van der Waals surface area contributed by atoms with E-state index in [0.717, 1.165) is 11.1 Å². The predicted octanol–water partition coefficient (Wildman–Crippen LogP) is 4.64. The van der Waals surface area contributed by atoms with E-state index in [1.807, 2.05) is 31.3 Å². The number of halogens is 2. The van der Waals surface area contributed by atoms with Gasteiger partial charge >= 0.3 is 0 Å². The van der Waals surface area contributed by atoms with Crippen molar-refractivity contribution in [2.45, 2.75) is 6.04 Å². The van der Waals surface area contributed by atoms with Crippen LogP contribution in [-0.4, -0.2) is 7.05 Å². The standard InChI is InChI=1S/C14H11Cl2NO2/c1-17-13(10-5-6-12(16)18-10)11-7-8-3-2-4-9(15)14(8)19-11/h2-7,13,17H,1H3. The number of para-hydroxylation sites is 1. The molecule has 0 saturated carbocycles. The van der Waals surface area contributed by atoms with E-state index < -0.39 is 0 Å². The fourth-order valence-corrected chi connectivity index (χ4v) is 2.47. The van der Waals surface area contributed by atoms with Crippen molar-refractivity contribution in [2.75, 3.05) is 7.05 Å². The highest BCUT2D eigenvalue weighted by Crippen LogP contribution is 2.32. The Morgan fingerprint density at radius 1 is 1.05 bits per heavy atom. The summed E-state index contributed by atoms with van der Waals surface area (Å²) >= 11 is 11.9. The summed E-state index contributed by atoms with van der Waals surface area (Å²) in [5, 5.41) is 5.04. The lowest BCUT2D eigenvalue weighted by molar-refractivity contribution is 0.415. The Balaban J connectivity index is 2.09. The highest BCUT2D eigenvalue weighted by Gasteiger charge is 2.20. The van der Waals surface area contributed by atoms with Crippen LogP contribution in [0.5, 0.6) is 0 Å². The number of hydrogen-bond donors (Lipinski definition) is 1. The zero-order valence-electron chi connectivity index (χ0n) is 10.1. The molecule has 0 bridgehead atoms. The molecule has 3 nitrogen and oxygen atoms in total. The predicted molar refractivity (Wildman–Crippen MR) is 75.8 cm³/mol. The van der Waals surface area contributed by atoms with Gasteiger partial charge < -0.3 is 14.2 Å². The van der Waals surface area contributed by atoms with E-state index in [1.165, 1.54) is 0 Å². The van der Waals surface area contributed by atoms with Crippen LogP contribution in [0.15, 0.2) is 45.2 Å². The summed E-state index contributed by atoms with van der Waals surface area (Å²) in [5.74, 6) is 1.43. The Morgan fingerprint density at radius 2 is 1.89 bits per heavy atom. The van der Waals surface area contributed by atoms with E-state index >= 15 is 0 Å². The SMILES string of the molecule is CNC(c1ccc(Cl)o1)c1cc2cccc(Cl)c2o1. The molecule has 1 aromatic carbocycles. The molecule has 2 aromatic heterocycles. The molecular weight excluding hydrogens is 285 g/mol. The number of furan rings is 2. The van der Waals surface area contributed by atoms with Crippen LogP contribution in [0.3, 0.4) is 0 Å². The third-order valence-corrected chi connectivity index (χ3v) is 3.47. The summed E-state index contributed by atoms with van der Waals surface area (Å²) in [6.07, 6.45) is 0. The van der Waals surface area contributed by atoms with Gasteiger partial charge in [-0.25, -0.2) is 0 Å². The fraction of sp³-hybridized carbons (Fsp3) is 0.143. The number of rotatable bonds is 3. The van der Waals surface area contributed by atoms with Gasteiger partial charge in [-0.1, -0.05) is 23.7 Å². The Morgan fingerprint density at radius 3 is 2.53 bits per heavy atom. The maximum atomic E-state index is 6.11. The zero-order valence-corrected chi connectivity index (χ0v) is 11.6. The molecule has 0 aliphatic carbocycles. The largest absolute Gasteiger partial charge is 0.457 e. The highest BCUT2D eigenvalue weighted by molar-refractivity contribution is 6.34. The number of nitrogens with one attached hydrogen (secondary N) is 1. The van der Waals surface area contributed by atoms with Crippen LogP contribution >= 0.6 is 23.2 Å². The van der Waals surface area contributed by atoms with E-state index in [4.69, 9.17) is 32.0 Å². The molecule has 1 unspecified atom stereocenters. The summed E-state index contributed by atoms with van der Waals surface area (Å²) < 4.78 is 11.2. The van der Waals surface area contributed by atoms with Crippen LogP contribution in [0.1, 0.15) is 17.6 Å². The van der Waals surface area contributed by atoms with Crippen molar-refractivity contribution in [3.63, 3.8) is 0 Å². The van der Waals surface area contributed by atoms with Crippen LogP contribution in [0.25, 0.3) is 11.0 Å². The molecule has 0 spiro atoms. The average molecular weight is 296 g/mol. The van der Waals surface area contributed by atoms with Crippen molar-refractivity contribution in [1.82, 2.24) is 5.32 Å². The first-order valence-corrected chi connectivity index (χ1v) is 6.55. The van der Waals surface area contributed by atoms with Crippen molar-refractivity contribution >= 4 is 34.2 Å².